The Morgan fingerprint density at radius 1 is 0.971 bits per heavy atom. The van der Waals surface area contributed by atoms with Gasteiger partial charge in [0.25, 0.3) is 15.9 Å². The van der Waals surface area contributed by atoms with Crippen LogP contribution in [0.1, 0.15) is 16.7 Å². The molecule has 1 aliphatic rings. The first kappa shape index (κ1) is 22.9. The summed E-state index contributed by atoms with van der Waals surface area (Å²) < 4.78 is 33.7. The zero-order valence-electron chi connectivity index (χ0n) is 19.4. The van der Waals surface area contributed by atoms with Crippen LogP contribution in [0, 0.1) is 6.92 Å². The molecule has 0 fully saturated rings. The number of carbonyl (C=O) groups excluding carboxylic acids is 1. The van der Waals surface area contributed by atoms with E-state index in [0.717, 1.165) is 27.6 Å². The summed E-state index contributed by atoms with van der Waals surface area (Å²) in [6, 6.07) is 26.3. The van der Waals surface area contributed by atoms with Crippen LogP contribution in [0.15, 0.2) is 89.8 Å². The molecule has 1 aliphatic heterocycles. The summed E-state index contributed by atoms with van der Waals surface area (Å²) in [6.07, 6.45) is 0.698. The van der Waals surface area contributed by atoms with Crippen molar-refractivity contribution >= 4 is 32.4 Å². The first-order valence-electron chi connectivity index (χ1n) is 11.5. The lowest BCUT2D eigenvalue weighted by atomic mass is 10.0. The van der Waals surface area contributed by atoms with Crippen LogP contribution >= 0.6 is 0 Å². The molecule has 1 amide bonds. The van der Waals surface area contributed by atoms with Gasteiger partial charge in [-0.2, -0.15) is 0 Å². The van der Waals surface area contributed by atoms with Crippen molar-refractivity contribution < 1.29 is 17.9 Å². The van der Waals surface area contributed by atoms with Crippen LogP contribution < -0.4 is 14.4 Å². The van der Waals surface area contributed by atoms with Crippen LogP contribution in [0.4, 0.5) is 5.69 Å². The molecule has 4 aromatic carbocycles. The van der Waals surface area contributed by atoms with E-state index in [1.54, 1.807) is 19.1 Å². The third kappa shape index (κ3) is 4.59. The topological polar surface area (TPSA) is 75.7 Å². The smallest absolute Gasteiger partial charge is 0.264 e. The van der Waals surface area contributed by atoms with Gasteiger partial charge in [-0.1, -0.05) is 60.7 Å². The molecule has 7 heteroatoms. The maximum absolute atomic E-state index is 13.3. The lowest BCUT2D eigenvalue weighted by Gasteiger charge is -2.20. The Balaban J connectivity index is 1.23. The maximum Gasteiger partial charge on any atom is 0.264 e. The fourth-order valence-electron chi connectivity index (χ4n) is 4.46. The van der Waals surface area contributed by atoms with E-state index in [9.17, 15) is 13.2 Å². The Morgan fingerprint density at radius 2 is 1.74 bits per heavy atom. The number of rotatable bonds is 7. The monoisotopic (exact) mass is 486 g/mol. The van der Waals surface area contributed by atoms with Crippen LogP contribution in [0.5, 0.6) is 5.75 Å². The van der Waals surface area contributed by atoms with Crippen molar-refractivity contribution in [2.45, 2.75) is 24.8 Å². The number of para-hydroxylation sites is 1. The summed E-state index contributed by atoms with van der Waals surface area (Å²) >= 11 is 0. The molecule has 1 N–H and O–H groups in total. The highest BCUT2D eigenvalue weighted by Gasteiger charge is 2.30. The van der Waals surface area contributed by atoms with Crippen molar-refractivity contribution in [2.75, 3.05) is 17.5 Å². The summed E-state index contributed by atoms with van der Waals surface area (Å²) in [6.45, 7) is 2.45. The highest BCUT2D eigenvalue weighted by atomic mass is 32.2. The number of fused-ring (bicyclic) bond motifs is 2. The average molecular weight is 487 g/mol. The molecule has 0 radical (unpaired) electrons. The van der Waals surface area contributed by atoms with Crippen LogP contribution in [0.3, 0.4) is 0 Å². The van der Waals surface area contributed by atoms with Gasteiger partial charge in [0.2, 0.25) is 0 Å². The molecule has 4 aromatic rings. The van der Waals surface area contributed by atoms with Crippen molar-refractivity contribution in [2.24, 2.45) is 0 Å². The molecule has 0 spiro atoms. The van der Waals surface area contributed by atoms with E-state index >= 15 is 0 Å². The lowest BCUT2D eigenvalue weighted by Crippen LogP contribution is -2.29. The second-order valence-electron chi connectivity index (χ2n) is 8.59. The number of nitrogens with one attached hydrogen (secondary N) is 1. The second kappa shape index (κ2) is 9.43. The predicted octanol–water partition coefficient (Wildman–Crippen LogP) is 4.59. The molecule has 35 heavy (non-hydrogen) atoms. The van der Waals surface area contributed by atoms with Gasteiger partial charge in [-0.15, -0.1) is 0 Å². The highest BCUT2D eigenvalue weighted by Crippen LogP contribution is 2.33. The zero-order valence-corrected chi connectivity index (χ0v) is 20.2. The molecular weight excluding hydrogens is 460 g/mol. The Bertz CT molecular complexity index is 1510. The van der Waals surface area contributed by atoms with Crippen molar-refractivity contribution in [3.63, 3.8) is 0 Å². The number of amides is 1. The van der Waals surface area contributed by atoms with Crippen molar-refractivity contribution in [1.29, 1.82) is 0 Å². The van der Waals surface area contributed by atoms with Crippen LogP contribution in [0.2, 0.25) is 0 Å². The van der Waals surface area contributed by atoms with Crippen molar-refractivity contribution in [3.8, 4) is 5.75 Å². The van der Waals surface area contributed by atoms with E-state index in [4.69, 9.17) is 4.74 Å². The summed E-state index contributed by atoms with van der Waals surface area (Å²) in [5.41, 5.74) is 3.45. The molecule has 0 aromatic heterocycles. The van der Waals surface area contributed by atoms with Crippen molar-refractivity contribution in [1.82, 2.24) is 5.32 Å². The van der Waals surface area contributed by atoms with E-state index in [-0.39, 0.29) is 17.4 Å². The molecular formula is C28H26N2O4S. The molecule has 6 nitrogen and oxygen atoms in total. The van der Waals surface area contributed by atoms with Gasteiger partial charge < -0.3 is 10.1 Å². The predicted molar refractivity (Wildman–Crippen MR) is 137 cm³/mol. The molecule has 178 valence electrons. The summed E-state index contributed by atoms with van der Waals surface area (Å²) in [5, 5.41) is 5.12. The molecule has 0 atom stereocenters. The number of hydrogen-bond acceptors (Lipinski definition) is 4. The van der Waals surface area contributed by atoms with Gasteiger partial charge in [0.1, 0.15) is 5.75 Å². The van der Waals surface area contributed by atoms with Gasteiger partial charge in [-0.25, -0.2) is 8.42 Å². The molecule has 0 unspecified atom stereocenters. The first-order chi connectivity index (χ1) is 16.9. The minimum atomic E-state index is -3.68. The minimum Gasteiger partial charge on any atom is -0.484 e. The van der Waals surface area contributed by atoms with Gasteiger partial charge in [-0.3, -0.25) is 9.10 Å². The minimum absolute atomic E-state index is 0.156. The number of ether oxygens (including phenoxy) is 1. The average Bonchev–Trinajstić information content (AvgIpc) is 3.32. The number of hydrogen-bond donors (Lipinski definition) is 1. The lowest BCUT2D eigenvalue weighted by molar-refractivity contribution is -0.123. The van der Waals surface area contributed by atoms with Crippen LogP contribution in [-0.2, 0) is 27.8 Å². The highest BCUT2D eigenvalue weighted by molar-refractivity contribution is 7.92. The SMILES string of the molecule is Cc1cc(S(=O)(=O)N2CCc3ccccc32)ccc1OCC(=O)NCc1cccc2ccccc12. The number of nitrogens with zero attached hydrogens (tertiary/aromatic N) is 1. The zero-order chi connectivity index (χ0) is 24.4. The van der Waals surface area contributed by atoms with Gasteiger partial charge in [0.15, 0.2) is 6.61 Å². The fraction of sp³-hybridized carbons (Fsp3) is 0.179. The Morgan fingerprint density at radius 3 is 2.60 bits per heavy atom. The number of benzene rings is 4. The van der Waals surface area contributed by atoms with E-state index < -0.39 is 10.0 Å². The number of carbonyl (C=O) groups is 1. The van der Waals surface area contributed by atoms with E-state index in [1.807, 2.05) is 66.7 Å². The molecule has 0 aliphatic carbocycles. The third-order valence-electron chi connectivity index (χ3n) is 6.29. The van der Waals surface area contributed by atoms with Gasteiger partial charge in [0, 0.05) is 13.1 Å². The third-order valence-corrected chi connectivity index (χ3v) is 8.10. The normalized spacial score (nSPS) is 13.0. The summed E-state index contributed by atoms with van der Waals surface area (Å²) in [5.74, 6) is 0.230. The van der Waals surface area contributed by atoms with E-state index in [0.29, 0.717) is 30.8 Å². The Kier molecular flexibility index (Phi) is 6.17. The molecule has 5 rings (SSSR count). The Labute approximate surface area is 205 Å². The first-order valence-corrected chi connectivity index (χ1v) is 12.9. The second-order valence-corrected chi connectivity index (χ2v) is 10.4. The van der Waals surface area contributed by atoms with E-state index in [2.05, 4.69) is 5.32 Å². The maximum atomic E-state index is 13.3. The van der Waals surface area contributed by atoms with Crippen LogP contribution in [-0.4, -0.2) is 27.5 Å². The number of sulfonamides is 1. The molecule has 0 bridgehead atoms. The standard InChI is InChI=1S/C28H26N2O4S/c1-20-17-24(35(32,33)30-16-15-22-8-3-5-12-26(22)30)13-14-27(20)34-19-28(31)29-18-23-10-6-9-21-7-2-4-11-25(21)23/h2-14,17H,15-16,18-19H2,1H3,(H,29,31). The number of aryl methyl sites for hydroxylation is 1. The van der Waals surface area contributed by atoms with Gasteiger partial charge in [0.05, 0.1) is 10.6 Å². The fourth-order valence-corrected chi connectivity index (χ4v) is 6.05. The van der Waals surface area contributed by atoms with E-state index in [1.165, 1.54) is 10.4 Å². The molecule has 1 heterocycles. The molecule has 0 saturated carbocycles. The van der Waals surface area contributed by atoms with Gasteiger partial charge >= 0.3 is 0 Å². The molecule has 0 saturated heterocycles. The van der Waals surface area contributed by atoms with Gasteiger partial charge in [-0.05, 0) is 65.1 Å². The summed E-state index contributed by atoms with van der Waals surface area (Å²) in [7, 11) is -3.68. The summed E-state index contributed by atoms with van der Waals surface area (Å²) in [4.78, 5) is 12.6. The van der Waals surface area contributed by atoms with Crippen molar-refractivity contribution in [3.05, 3.63) is 102 Å². The number of anilines is 1. The largest absolute Gasteiger partial charge is 0.484 e. The Hall–Kier alpha value is -3.84. The quantitative estimate of drug-likeness (QED) is 0.414. The van der Waals surface area contributed by atoms with Crippen LogP contribution in [0.25, 0.3) is 10.8 Å².